The molecule has 0 saturated carbocycles. The van der Waals surface area contributed by atoms with Crippen molar-refractivity contribution in [1.29, 1.82) is 0 Å². The van der Waals surface area contributed by atoms with Crippen molar-refractivity contribution in [1.82, 2.24) is 4.73 Å². The van der Waals surface area contributed by atoms with Crippen LogP contribution in [0.2, 0.25) is 0 Å². The Balaban J connectivity index is 0.000000640. The van der Waals surface area contributed by atoms with E-state index in [1.54, 1.807) is 18.2 Å². The van der Waals surface area contributed by atoms with Crippen molar-refractivity contribution in [3.8, 4) is 0 Å². The molecule has 0 bridgehead atoms. The van der Waals surface area contributed by atoms with Gasteiger partial charge >= 0.3 is 0 Å². The van der Waals surface area contributed by atoms with Gasteiger partial charge in [0.15, 0.2) is 0 Å². The van der Waals surface area contributed by atoms with E-state index in [-0.39, 0.29) is 19.8 Å². The Kier molecular flexibility index (Phi) is 3.68. The predicted octanol–water partition coefficient (Wildman–Crippen LogP) is 1.07. The molecule has 2 nitrogen and oxygen atoms in total. The van der Waals surface area contributed by atoms with Crippen molar-refractivity contribution >= 4 is 32.0 Å². The summed E-state index contributed by atoms with van der Waals surface area (Å²) in [6, 6.07) is 5.13. The molecule has 1 rings (SSSR count). The van der Waals surface area contributed by atoms with Crippen molar-refractivity contribution in [3.05, 3.63) is 29.0 Å². The molecule has 3 radical (unpaired) electrons. The number of pyridine rings is 1. The SMILES string of the molecule is On1ccccc1=S.[Ga]. The van der Waals surface area contributed by atoms with Crippen LogP contribution >= 0.6 is 12.2 Å². The standard InChI is InChI=1S/C5H5NOS.Ga/c7-6-4-2-1-3-5(6)8;/h1-4,7H;. The second kappa shape index (κ2) is 3.76. The number of nitrogens with zero attached hydrogens (tertiary/aromatic N) is 1. The van der Waals surface area contributed by atoms with Crippen LogP contribution in [0.3, 0.4) is 0 Å². The number of hydrogen-bond acceptors (Lipinski definition) is 2. The molecule has 0 atom stereocenters. The quantitative estimate of drug-likeness (QED) is 0.382. The molecule has 0 spiro atoms. The molecule has 0 unspecified atom stereocenters. The van der Waals surface area contributed by atoms with Gasteiger partial charge in [0.2, 0.25) is 0 Å². The Bertz CT molecular complexity index is 234. The molecule has 0 amide bonds. The largest absolute Gasteiger partial charge is 0.428 e. The van der Waals surface area contributed by atoms with E-state index in [9.17, 15) is 0 Å². The Morgan fingerprint density at radius 3 is 2.44 bits per heavy atom. The van der Waals surface area contributed by atoms with Gasteiger partial charge in [0, 0.05) is 26.0 Å². The van der Waals surface area contributed by atoms with E-state index >= 15 is 0 Å². The first kappa shape index (κ1) is 8.81. The first-order chi connectivity index (χ1) is 3.80. The zero-order chi connectivity index (χ0) is 5.98. The molecule has 0 aliphatic carbocycles. The van der Waals surface area contributed by atoms with E-state index in [2.05, 4.69) is 12.2 Å². The van der Waals surface area contributed by atoms with Crippen molar-refractivity contribution in [3.63, 3.8) is 0 Å². The van der Waals surface area contributed by atoms with Gasteiger partial charge in [-0.1, -0.05) is 18.3 Å². The second-order valence-corrected chi connectivity index (χ2v) is 1.80. The summed E-state index contributed by atoms with van der Waals surface area (Å²) in [5, 5.41) is 8.73. The van der Waals surface area contributed by atoms with E-state index in [1.807, 2.05) is 0 Å². The third kappa shape index (κ3) is 2.25. The summed E-state index contributed by atoms with van der Waals surface area (Å²) in [6.07, 6.45) is 1.49. The predicted molar refractivity (Wildman–Crippen MR) is 38.2 cm³/mol. The second-order valence-electron chi connectivity index (χ2n) is 1.38. The summed E-state index contributed by atoms with van der Waals surface area (Å²) in [7, 11) is 0. The van der Waals surface area contributed by atoms with Crippen LogP contribution < -0.4 is 0 Å². The molecule has 1 aromatic rings. The first-order valence-electron chi connectivity index (χ1n) is 2.17. The van der Waals surface area contributed by atoms with Crippen molar-refractivity contribution < 1.29 is 5.21 Å². The molecule has 0 saturated heterocycles. The Morgan fingerprint density at radius 1 is 1.44 bits per heavy atom. The molecule has 4 heteroatoms. The Labute approximate surface area is 71.1 Å². The summed E-state index contributed by atoms with van der Waals surface area (Å²) in [5.41, 5.74) is 0. The summed E-state index contributed by atoms with van der Waals surface area (Å²) in [5.74, 6) is 0. The fraction of sp³-hybridized carbons (Fsp3) is 0. The van der Waals surface area contributed by atoms with Gasteiger partial charge in [-0.2, -0.15) is 4.73 Å². The van der Waals surface area contributed by atoms with Crippen LogP contribution in [0.25, 0.3) is 0 Å². The molecule has 0 fully saturated rings. The first-order valence-corrected chi connectivity index (χ1v) is 2.58. The van der Waals surface area contributed by atoms with Crippen molar-refractivity contribution in [2.45, 2.75) is 0 Å². The Hall–Kier alpha value is -0.194. The van der Waals surface area contributed by atoms with Crippen LogP contribution in [0, 0.1) is 4.64 Å². The van der Waals surface area contributed by atoms with E-state index in [1.165, 1.54) is 6.20 Å². The van der Waals surface area contributed by atoms with Gasteiger partial charge in [0.1, 0.15) is 4.64 Å². The number of aromatic nitrogens is 1. The normalized spacial score (nSPS) is 8.00. The Morgan fingerprint density at radius 2 is 2.11 bits per heavy atom. The third-order valence-corrected chi connectivity index (χ3v) is 1.13. The zero-order valence-corrected chi connectivity index (χ0v) is 7.93. The van der Waals surface area contributed by atoms with Crippen molar-refractivity contribution in [2.75, 3.05) is 0 Å². The maximum atomic E-state index is 8.73. The molecule has 1 aromatic heterocycles. The third-order valence-electron chi connectivity index (χ3n) is 0.803. The molecule has 45 valence electrons. The fourth-order valence-corrected chi connectivity index (χ4v) is 0.558. The van der Waals surface area contributed by atoms with Crippen LogP contribution in [0.1, 0.15) is 0 Å². The van der Waals surface area contributed by atoms with Crippen LogP contribution in [-0.2, 0) is 0 Å². The van der Waals surface area contributed by atoms with E-state index in [0.717, 1.165) is 4.73 Å². The molecular weight excluding hydrogens is 192 g/mol. The van der Waals surface area contributed by atoms with E-state index in [4.69, 9.17) is 5.21 Å². The smallest absolute Gasteiger partial charge is 0.142 e. The van der Waals surface area contributed by atoms with E-state index < -0.39 is 0 Å². The summed E-state index contributed by atoms with van der Waals surface area (Å²) in [6.45, 7) is 0. The summed E-state index contributed by atoms with van der Waals surface area (Å²) >= 11 is 4.67. The number of rotatable bonds is 0. The minimum Gasteiger partial charge on any atom is -0.428 e. The molecule has 1 heterocycles. The molecule has 1 N–H and O–H groups in total. The van der Waals surface area contributed by atoms with Crippen LogP contribution in [-0.4, -0.2) is 29.7 Å². The molecule has 9 heavy (non-hydrogen) atoms. The topological polar surface area (TPSA) is 25.2 Å². The van der Waals surface area contributed by atoms with Gasteiger partial charge in [-0.3, -0.25) is 0 Å². The van der Waals surface area contributed by atoms with E-state index in [0.29, 0.717) is 4.64 Å². The summed E-state index contributed by atoms with van der Waals surface area (Å²) < 4.78 is 1.32. The molecular formula is C5H5GaNOS. The van der Waals surface area contributed by atoms with Crippen molar-refractivity contribution in [2.24, 2.45) is 0 Å². The zero-order valence-electron chi connectivity index (χ0n) is 4.69. The van der Waals surface area contributed by atoms with Crippen LogP contribution in [0.4, 0.5) is 0 Å². The molecule has 0 aromatic carbocycles. The van der Waals surface area contributed by atoms with Crippen LogP contribution in [0.5, 0.6) is 0 Å². The monoisotopic (exact) mass is 196 g/mol. The average molecular weight is 197 g/mol. The van der Waals surface area contributed by atoms with Gasteiger partial charge < -0.3 is 5.21 Å². The van der Waals surface area contributed by atoms with Gasteiger partial charge in [0.05, 0.1) is 0 Å². The molecule has 0 aliphatic rings. The number of hydrogen-bond donors (Lipinski definition) is 1. The minimum atomic E-state index is 0. The molecule has 0 aliphatic heterocycles. The van der Waals surface area contributed by atoms with Gasteiger partial charge in [0.25, 0.3) is 0 Å². The van der Waals surface area contributed by atoms with Crippen LogP contribution in [0.15, 0.2) is 24.4 Å². The maximum absolute atomic E-state index is 8.73. The van der Waals surface area contributed by atoms with Gasteiger partial charge in [-0.05, 0) is 12.1 Å². The van der Waals surface area contributed by atoms with Gasteiger partial charge in [-0.15, -0.1) is 0 Å². The maximum Gasteiger partial charge on any atom is 0.142 e. The fourth-order valence-electron chi connectivity index (χ4n) is 0.419. The minimum absolute atomic E-state index is 0. The average Bonchev–Trinajstić information content (AvgIpc) is 1.77. The van der Waals surface area contributed by atoms with Gasteiger partial charge in [-0.25, -0.2) is 0 Å². The summed E-state index contributed by atoms with van der Waals surface area (Å²) in [4.78, 5) is 0.